The van der Waals surface area contributed by atoms with Gasteiger partial charge in [-0.2, -0.15) is 18.2 Å². The van der Waals surface area contributed by atoms with Crippen LogP contribution in [0.1, 0.15) is 42.5 Å². The maximum atomic E-state index is 13.6. The van der Waals surface area contributed by atoms with Crippen molar-refractivity contribution in [2.45, 2.75) is 62.5 Å². The summed E-state index contributed by atoms with van der Waals surface area (Å²) in [6, 6.07) is 0.425. The summed E-state index contributed by atoms with van der Waals surface area (Å²) in [4.78, 5) is 16.1. The van der Waals surface area contributed by atoms with Gasteiger partial charge in [0.15, 0.2) is 0 Å². The number of carbonyl (C=O) groups is 1. The molecule has 0 spiro atoms. The van der Waals surface area contributed by atoms with Crippen molar-refractivity contribution in [3.63, 3.8) is 0 Å². The molecule has 1 aliphatic rings. The number of rotatable bonds is 5. The van der Waals surface area contributed by atoms with Crippen molar-refractivity contribution in [1.82, 2.24) is 10.6 Å². The van der Waals surface area contributed by atoms with E-state index in [1.165, 1.54) is 6.07 Å². The van der Waals surface area contributed by atoms with Crippen LogP contribution in [0.5, 0.6) is 0 Å². The fourth-order valence-electron chi connectivity index (χ4n) is 2.92. The zero-order chi connectivity index (χ0) is 23.4. The first-order valence-corrected chi connectivity index (χ1v) is 9.71. The molecule has 1 fully saturated rings. The van der Waals surface area contributed by atoms with Crippen LogP contribution in [0.2, 0.25) is 5.02 Å². The van der Waals surface area contributed by atoms with Crippen LogP contribution in [-0.2, 0) is 0 Å². The number of nitrogens with zero attached hydrogens (tertiary/aromatic N) is 1. The summed E-state index contributed by atoms with van der Waals surface area (Å²) in [6.07, 6.45) is -7.52. The van der Waals surface area contributed by atoms with Crippen LogP contribution >= 0.6 is 11.6 Å². The number of halogens is 7. The molecule has 13 heteroatoms. The summed E-state index contributed by atoms with van der Waals surface area (Å²) in [5.74, 6) is -4.95. The summed E-state index contributed by atoms with van der Waals surface area (Å²) >= 11 is 5.57. The van der Waals surface area contributed by atoms with Crippen LogP contribution in [0.25, 0.3) is 0 Å². The smallest absolute Gasteiger partial charge is 0.353 e. The van der Waals surface area contributed by atoms with E-state index >= 15 is 0 Å². The van der Waals surface area contributed by atoms with Crippen molar-refractivity contribution in [3.05, 3.63) is 34.6 Å². The Balaban J connectivity index is 2.17. The third-order valence-corrected chi connectivity index (χ3v) is 4.99. The van der Waals surface area contributed by atoms with E-state index in [0.717, 1.165) is 12.1 Å². The number of hydrogen-bond acceptors (Lipinski definition) is 3. The zero-order valence-electron chi connectivity index (χ0n) is 16.2. The highest BCUT2D eigenvalue weighted by atomic mass is 35.5. The lowest BCUT2D eigenvalue weighted by Gasteiger charge is -2.30. The van der Waals surface area contributed by atoms with Gasteiger partial charge in [-0.05, 0) is 31.0 Å². The van der Waals surface area contributed by atoms with Crippen LogP contribution in [0.4, 0.5) is 26.3 Å². The zero-order valence-corrected chi connectivity index (χ0v) is 16.9. The van der Waals surface area contributed by atoms with E-state index in [1.54, 1.807) is 0 Å². The molecule has 0 aromatic heterocycles. The van der Waals surface area contributed by atoms with Crippen LogP contribution < -0.4 is 22.1 Å². The average Bonchev–Trinajstić information content (AvgIpc) is 2.64. The molecule has 1 amide bonds. The van der Waals surface area contributed by atoms with Crippen LogP contribution in [0, 0.1) is 5.82 Å². The predicted octanol–water partition coefficient (Wildman–Crippen LogP) is 3.30. The van der Waals surface area contributed by atoms with Gasteiger partial charge in [0.05, 0.1) is 11.2 Å². The maximum Gasteiger partial charge on any atom is 0.403 e. The predicted molar refractivity (Wildman–Crippen MR) is 103 cm³/mol. The minimum atomic E-state index is -4.68. The summed E-state index contributed by atoms with van der Waals surface area (Å²) in [5, 5.41) is 4.93. The standard InChI is InChI=1S/C18H22ClF6N5O/c19-11-2-1-9(7-12(11)20)15(31)30-16(28-10-3-5-17(21,22)6-4-10)29-14(27)8-13(26)18(23,24)25/h1-2,7,10,13-14H,3-6,8,26-27H2,(H2,28,29,30,31). The van der Waals surface area contributed by atoms with Crippen molar-refractivity contribution < 1.29 is 31.1 Å². The Bertz CT molecular complexity index is 809. The van der Waals surface area contributed by atoms with Gasteiger partial charge in [-0.15, -0.1) is 0 Å². The van der Waals surface area contributed by atoms with E-state index < -0.39 is 61.3 Å². The molecular weight excluding hydrogens is 452 g/mol. The minimum Gasteiger partial charge on any atom is -0.353 e. The molecule has 1 aliphatic carbocycles. The summed E-state index contributed by atoms with van der Waals surface area (Å²) in [5.41, 5.74) is 10.5. The highest BCUT2D eigenvalue weighted by Gasteiger charge is 2.38. The Morgan fingerprint density at radius 3 is 2.42 bits per heavy atom. The van der Waals surface area contributed by atoms with Crippen LogP contribution in [-0.4, -0.2) is 42.2 Å². The first-order valence-electron chi connectivity index (χ1n) is 9.34. The fraction of sp³-hybridized carbons (Fsp3) is 0.556. The van der Waals surface area contributed by atoms with E-state index in [1.807, 2.05) is 0 Å². The highest BCUT2D eigenvalue weighted by molar-refractivity contribution is 6.30. The number of hydrogen-bond donors (Lipinski definition) is 4. The van der Waals surface area contributed by atoms with Gasteiger partial charge in [0.25, 0.3) is 5.91 Å². The molecule has 174 valence electrons. The number of amides is 1. The first kappa shape index (κ1) is 25.2. The van der Waals surface area contributed by atoms with Crippen molar-refractivity contribution in [2.75, 3.05) is 0 Å². The third kappa shape index (κ3) is 7.86. The summed E-state index contributed by atoms with van der Waals surface area (Å²) in [7, 11) is 0. The molecule has 0 aliphatic heterocycles. The van der Waals surface area contributed by atoms with Gasteiger partial charge in [-0.1, -0.05) is 11.6 Å². The van der Waals surface area contributed by atoms with Gasteiger partial charge in [-0.25, -0.2) is 13.2 Å². The highest BCUT2D eigenvalue weighted by Crippen LogP contribution is 2.33. The van der Waals surface area contributed by atoms with E-state index in [4.69, 9.17) is 23.1 Å². The van der Waals surface area contributed by atoms with Gasteiger partial charge in [0.1, 0.15) is 11.9 Å². The summed E-state index contributed by atoms with van der Waals surface area (Å²) < 4.78 is 78.4. The number of aliphatic imine (C=N–C) groups is 1. The molecule has 0 heterocycles. The minimum absolute atomic E-state index is 0.0365. The fourth-order valence-corrected chi connectivity index (χ4v) is 3.04. The summed E-state index contributed by atoms with van der Waals surface area (Å²) in [6.45, 7) is 0. The molecule has 2 rings (SSSR count). The van der Waals surface area contributed by atoms with Gasteiger partial charge < -0.3 is 22.1 Å². The Hall–Kier alpha value is -2.05. The lowest BCUT2D eigenvalue weighted by Crippen LogP contribution is -2.54. The SMILES string of the molecule is NC(CC(N)C(F)(F)F)N/C(=N/C(=O)c1ccc(Cl)c(F)c1)NC1CCC(F)(F)CC1. The van der Waals surface area contributed by atoms with Crippen molar-refractivity contribution in [1.29, 1.82) is 0 Å². The molecule has 6 N–H and O–H groups in total. The van der Waals surface area contributed by atoms with Crippen LogP contribution in [0.15, 0.2) is 23.2 Å². The molecule has 1 saturated carbocycles. The Morgan fingerprint density at radius 1 is 1.26 bits per heavy atom. The normalized spacial score (nSPS) is 19.6. The van der Waals surface area contributed by atoms with Crippen molar-refractivity contribution in [2.24, 2.45) is 16.5 Å². The van der Waals surface area contributed by atoms with Crippen molar-refractivity contribution in [3.8, 4) is 0 Å². The quantitative estimate of drug-likeness (QED) is 0.227. The molecule has 2 unspecified atom stereocenters. The van der Waals surface area contributed by atoms with Gasteiger partial charge in [0.2, 0.25) is 11.9 Å². The average molecular weight is 474 g/mol. The van der Waals surface area contributed by atoms with E-state index in [2.05, 4.69) is 15.6 Å². The van der Waals surface area contributed by atoms with Crippen molar-refractivity contribution >= 4 is 23.5 Å². The number of alkyl halides is 5. The van der Waals surface area contributed by atoms with E-state index in [-0.39, 0.29) is 29.4 Å². The lowest BCUT2D eigenvalue weighted by molar-refractivity contribution is -0.149. The number of guanidine groups is 1. The molecule has 1 aromatic carbocycles. The van der Waals surface area contributed by atoms with Gasteiger partial charge >= 0.3 is 6.18 Å². The number of nitrogens with one attached hydrogen (secondary N) is 2. The van der Waals surface area contributed by atoms with Crippen LogP contribution in [0.3, 0.4) is 0 Å². The molecule has 1 aromatic rings. The second-order valence-electron chi connectivity index (χ2n) is 7.30. The molecule has 2 atom stereocenters. The molecular formula is C18H22ClF6N5O. The molecule has 0 saturated heterocycles. The first-order chi connectivity index (χ1) is 14.3. The number of benzene rings is 1. The second-order valence-corrected chi connectivity index (χ2v) is 7.71. The Labute approximate surface area is 179 Å². The van der Waals surface area contributed by atoms with E-state index in [9.17, 15) is 31.1 Å². The molecule has 6 nitrogen and oxygen atoms in total. The third-order valence-electron chi connectivity index (χ3n) is 4.69. The number of nitrogens with two attached hydrogens (primary N) is 2. The lowest BCUT2D eigenvalue weighted by atomic mass is 9.92. The monoisotopic (exact) mass is 473 g/mol. The molecule has 0 radical (unpaired) electrons. The Morgan fingerprint density at radius 2 is 1.87 bits per heavy atom. The second kappa shape index (κ2) is 10.0. The van der Waals surface area contributed by atoms with E-state index in [0.29, 0.717) is 0 Å². The van der Waals surface area contributed by atoms with Gasteiger partial charge in [0, 0.05) is 30.9 Å². The Kier molecular flexibility index (Phi) is 8.17. The van der Waals surface area contributed by atoms with Gasteiger partial charge in [-0.3, -0.25) is 4.79 Å². The molecule has 31 heavy (non-hydrogen) atoms. The topological polar surface area (TPSA) is 106 Å². The number of carbonyl (C=O) groups excluding carboxylic acids is 1. The molecule has 0 bridgehead atoms. The maximum absolute atomic E-state index is 13.6. The largest absolute Gasteiger partial charge is 0.403 e.